The molecule has 6 heavy (non-hydrogen) atoms. The van der Waals surface area contributed by atoms with Gasteiger partial charge in [0.15, 0.2) is 0 Å². The Bertz CT molecular complexity index is 8.75. The Balaban J connectivity index is -0.00000000667. The van der Waals surface area contributed by atoms with Gasteiger partial charge in [-0.1, -0.05) is 0 Å². The zero-order chi connectivity index (χ0) is 2.71. The minimum atomic E-state index is -0.826. The molecule has 0 unspecified atom stereocenters. The third-order valence-electron chi connectivity index (χ3n) is 0. The van der Waals surface area contributed by atoms with Gasteiger partial charge < -0.3 is 11.0 Å². The van der Waals surface area contributed by atoms with Gasteiger partial charge in [-0.05, 0) is 0 Å². The normalized spacial score (nSPS) is 3.00. The molecule has 0 heterocycles. The van der Waals surface area contributed by atoms with Crippen molar-refractivity contribution in [2.45, 2.75) is 0 Å². The molecule has 2 radical (unpaired) electrons. The Morgan fingerprint density at radius 1 is 1.00 bits per heavy atom. The first-order chi connectivity index (χ1) is 1.41. The molecule has 0 rings (SSSR count). The Hall–Kier alpha value is 1.59. The van der Waals surface area contributed by atoms with Gasteiger partial charge in [-0.25, -0.2) is 0 Å². The SMILES string of the molecule is Cl.O.O.[Cl][Sn][Cl]. The quantitative estimate of drug-likeness (QED) is 0.541. The van der Waals surface area contributed by atoms with Gasteiger partial charge in [0.1, 0.15) is 0 Å². The van der Waals surface area contributed by atoms with Crippen LogP contribution in [-0.4, -0.2) is 29.8 Å². The molecule has 0 aromatic rings. The summed E-state index contributed by atoms with van der Waals surface area (Å²) in [5, 5.41) is 0. The summed E-state index contributed by atoms with van der Waals surface area (Å²) >= 11 is -0.826. The van der Waals surface area contributed by atoms with Crippen molar-refractivity contribution in [1.29, 1.82) is 0 Å². The fourth-order valence-electron chi connectivity index (χ4n) is 0. The number of hydrogen-bond acceptors (Lipinski definition) is 0. The van der Waals surface area contributed by atoms with E-state index in [9.17, 15) is 0 Å². The van der Waals surface area contributed by atoms with Crippen molar-refractivity contribution < 1.29 is 11.0 Å². The van der Waals surface area contributed by atoms with E-state index in [0.29, 0.717) is 0 Å². The van der Waals surface area contributed by atoms with Crippen molar-refractivity contribution in [2.24, 2.45) is 0 Å². The first kappa shape index (κ1) is 25.6. The molecule has 4 N–H and O–H groups in total. The molecule has 0 fully saturated rings. The average Bonchev–Trinajstić information content (AvgIpc) is 0.918. The Morgan fingerprint density at radius 2 is 1.00 bits per heavy atom. The van der Waals surface area contributed by atoms with Crippen LogP contribution in [0.1, 0.15) is 0 Å². The van der Waals surface area contributed by atoms with Gasteiger partial charge in [0.25, 0.3) is 0 Å². The van der Waals surface area contributed by atoms with Crippen LogP contribution in [-0.2, 0) is 0 Å². The topological polar surface area (TPSA) is 63.0 Å². The fourth-order valence-corrected chi connectivity index (χ4v) is 0. The summed E-state index contributed by atoms with van der Waals surface area (Å²) in [5.74, 6) is 0. The predicted octanol–water partition coefficient (Wildman–Crippen LogP) is -0.229. The molecular formula is H5Cl3O2Sn. The van der Waals surface area contributed by atoms with E-state index in [4.69, 9.17) is 17.8 Å². The first-order valence-electron chi connectivity index (χ1n) is 0.378. The summed E-state index contributed by atoms with van der Waals surface area (Å²) in [7, 11) is 9.87. The summed E-state index contributed by atoms with van der Waals surface area (Å²) < 4.78 is 0. The molecule has 0 amide bonds. The Morgan fingerprint density at radius 3 is 1.00 bits per heavy atom. The second-order valence-corrected chi connectivity index (χ2v) is 4.31. The fraction of sp³-hybridized carbons (Fsp3) is 0. The zero-order valence-corrected chi connectivity index (χ0v) is 7.85. The van der Waals surface area contributed by atoms with Crippen molar-refractivity contribution in [3.63, 3.8) is 0 Å². The summed E-state index contributed by atoms with van der Waals surface area (Å²) in [6.07, 6.45) is 0. The predicted molar refractivity (Wildman–Crippen MR) is 31.9 cm³/mol. The molecule has 0 spiro atoms. The minimum absolute atomic E-state index is 0. The second-order valence-electron chi connectivity index (χ2n) is 0.0714. The number of halogens is 3. The van der Waals surface area contributed by atoms with E-state index in [0.717, 1.165) is 0 Å². The van der Waals surface area contributed by atoms with E-state index in [2.05, 4.69) is 0 Å². The molecule has 42 valence electrons. The van der Waals surface area contributed by atoms with Gasteiger partial charge in [-0.15, -0.1) is 12.4 Å². The summed E-state index contributed by atoms with van der Waals surface area (Å²) in [6.45, 7) is 0. The molecule has 0 saturated heterocycles. The number of hydrogen-bond donors (Lipinski definition) is 0. The van der Waals surface area contributed by atoms with Crippen molar-refractivity contribution >= 4 is 49.1 Å². The van der Waals surface area contributed by atoms with E-state index in [1.165, 1.54) is 0 Å². The van der Waals surface area contributed by atoms with Crippen LogP contribution in [0.4, 0.5) is 0 Å². The molecule has 0 aliphatic heterocycles. The van der Waals surface area contributed by atoms with E-state index in [-0.39, 0.29) is 23.4 Å². The molecule has 6 heteroatoms. The van der Waals surface area contributed by atoms with Crippen molar-refractivity contribution in [3.8, 4) is 0 Å². The van der Waals surface area contributed by atoms with Crippen LogP contribution in [0.3, 0.4) is 0 Å². The Kier molecular flexibility index (Phi) is 131. The average molecular weight is 262 g/mol. The molecular weight excluding hydrogens is 257 g/mol. The van der Waals surface area contributed by atoms with Crippen LogP contribution in [0.15, 0.2) is 0 Å². The molecule has 0 aromatic carbocycles. The molecule has 0 aliphatic carbocycles. The Labute approximate surface area is 59.9 Å². The maximum atomic E-state index is 4.93. The van der Waals surface area contributed by atoms with Gasteiger partial charge in [0.05, 0.1) is 0 Å². The maximum absolute atomic E-state index is 4.93. The van der Waals surface area contributed by atoms with Crippen LogP contribution < -0.4 is 0 Å². The van der Waals surface area contributed by atoms with E-state index in [1.54, 1.807) is 0 Å². The summed E-state index contributed by atoms with van der Waals surface area (Å²) in [5.41, 5.74) is 0. The third-order valence-corrected chi connectivity index (χ3v) is 0. The monoisotopic (exact) mass is 262 g/mol. The molecule has 0 aliphatic rings. The molecule has 0 aromatic heterocycles. The van der Waals surface area contributed by atoms with Crippen molar-refractivity contribution in [1.82, 2.24) is 0 Å². The van der Waals surface area contributed by atoms with Gasteiger partial charge >= 0.3 is 36.7 Å². The van der Waals surface area contributed by atoms with E-state index >= 15 is 0 Å². The van der Waals surface area contributed by atoms with E-state index in [1.807, 2.05) is 0 Å². The van der Waals surface area contributed by atoms with Crippen LogP contribution in [0.2, 0.25) is 0 Å². The van der Waals surface area contributed by atoms with Crippen LogP contribution in [0, 0.1) is 0 Å². The van der Waals surface area contributed by atoms with Gasteiger partial charge in [-0.3, -0.25) is 0 Å². The second kappa shape index (κ2) is 30.7. The van der Waals surface area contributed by atoms with E-state index < -0.39 is 18.9 Å². The van der Waals surface area contributed by atoms with Gasteiger partial charge in [0.2, 0.25) is 0 Å². The summed E-state index contributed by atoms with van der Waals surface area (Å²) in [6, 6.07) is 0. The molecule has 0 bridgehead atoms. The third kappa shape index (κ3) is 46.6. The number of rotatable bonds is 0. The van der Waals surface area contributed by atoms with Gasteiger partial charge in [0, 0.05) is 0 Å². The van der Waals surface area contributed by atoms with Crippen molar-refractivity contribution in [2.75, 3.05) is 0 Å². The standard InChI is InChI=1S/3ClH.2H2O.Sn/h3*1H;2*1H2;/q;;;;;+2/p-2. The zero-order valence-electron chi connectivity index (χ0n) is 2.66. The van der Waals surface area contributed by atoms with Crippen LogP contribution >= 0.6 is 30.2 Å². The van der Waals surface area contributed by atoms with Gasteiger partial charge in [-0.2, -0.15) is 0 Å². The first-order valence-corrected chi connectivity index (χ1v) is 7.61. The summed E-state index contributed by atoms with van der Waals surface area (Å²) in [4.78, 5) is 0. The molecule has 2 nitrogen and oxygen atoms in total. The van der Waals surface area contributed by atoms with Crippen LogP contribution in [0.25, 0.3) is 0 Å². The van der Waals surface area contributed by atoms with Crippen molar-refractivity contribution in [3.05, 3.63) is 0 Å². The molecule has 0 saturated carbocycles. The molecule has 0 atom stereocenters. The van der Waals surface area contributed by atoms with Crippen LogP contribution in [0.5, 0.6) is 0 Å².